The number of aryl methyl sites for hydroxylation is 2. The Morgan fingerprint density at radius 3 is 2.53 bits per heavy atom. The van der Waals surface area contributed by atoms with Gasteiger partial charge >= 0.3 is 0 Å². The number of hydrogen-bond donors (Lipinski definition) is 0. The lowest BCUT2D eigenvalue weighted by atomic mass is 10.1. The van der Waals surface area contributed by atoms with Gasteiger partial charge in [0.2, 0.25) is 4.77 Å². The standard InChI is InChI=1S/C21H24N8S/c1-15-5-6-16(2)20(11-15)29-21(30)28(24-25-29)14-26(4)17(3)18-7-9-19(10-8-18)27-13-22-12-23-27/h5-13,17H,14H2,1-4H3/t17-/m0/s1. The third-order valence-electron chi connectivity index (χ3n) is 5.31. The van der Waals surface area contributed by atoms with Gasteiger partial charge in [0.1, 0.15) is 12.7 Å². The molecule has 0 aliphatic carbocycles. The molecule has 154 valence electrons. The van der Waals surface area contributed by atoms with Crippen LogP contribution in [-0.2, 0) is 6.67 Å². The summed E-state index contributed by atoms with van der Waals surface area (Å²) in [5, 5.41) is 12.8. The van der Waals surface area contributed by atoms with Gasteiger partial charge in [0, 0.05) is 6.04 Å². The SMILES string of the molecule is Cc1ccc(C)c(-n2nnn(CN(C)[C@@H](C)c3ccc(-n4cncn4)cc3)c2=S)c1. The normalized spacial score (nSPS) is 12.4. The van der Waals surface area contributed by atoms with Gasteiger partial charge in [-0.2, -0.15) is 9.78 Å². The van der Waals surface area contributed by atoms with E-state index in [0.717, 1.165) is 22.5 Å². The molecule has 0 saturated heterocycles. The Balaban J connectivity index is 1.51. The molecule has 1 atom stereocenters. The van der Waals surface area contributed by atoms with E-state index in [1.54, 1.807) is 20.4 Å². The van der Waals surface area contributed by atoms with Crippen LogP contribution in [0.15, 0.2) is 55.1 Å². The van der Waals surface area contributed by atoms with Crippen LogP contribution in [0, 0.1) is 18.6 Å². The van der Waals surface area contributed by atoms with E-state index in [4.69, 9.17) is 12.2 Å². The molecule has 30 heavy (non-hydrogen) atoms. The molecule has 0 fully saturated rings. The second-order valence-electron chi connectivity index (χ2n) is 7.47. The molecule has 0 N–H and O–H groups in total. The summed E-state index contributed by atoms with van der Waals surface area (Å²) in [7, 11) is 2.05. The highest BCUT2D eigenvalue weighted by molar-refractivity contribution is 7.71. The summed E-state index contributed by atoms with van der Waals surface area (Å²) in [5.41, 5.74) is 5.40. The Bertz CT molecular complexity index is 1190. The second kappa shape index (κ2) is 8.29. The summed E-state index contributed by atoms with van der Waals surface area (Å²) in [4.78, 5) is 6.17. The zero-order valence-electron chi connectivity index (χ0n) is 17.5. The fraction of sp³-hybridized carbons (Fsp3) is 0.286. The number of tetrazole rings is 1. The first kappa shape index (κ1) is 20.1. The smallest absolute Gasteiger partial charge is 0.221 e. The van der Waals surface area contributed by atoms with Crippen LogP contribution in [0.1, 0.15) is 29.7 Å². The highest BCUT2D eigenvalue weighted by atomic mass is 32.1. The Hall–Kier alpha value is -3.17. The molecule has 0 radical (unpaired) electrons. The molecule has 2 aromatic heterocycles. The van der Waals surface area contributed by atoms with Crippen molar-refractivity contribution in [3.63, 3.8) is 0 Å². The van der Waals surface area contributed by atoms with Gasteiger partial charge in [-0.25, -0.2) is 14.3 Å². The van der Waals surface area contributed by atoms with Crippen LogP contribution in [0.25, 0.3) is 11.4 Å². The van der Waals surface area contributed by atoms with Crippen LogP contribution in [0.5, 0.6) is 0 Å². The minimum Gasteiger partial charge on any atom is -0.281 e. The zero-order valence-corrected chi connectivity index (χ0v) is 18.3. The minimum atomic E-state index is 0.169. The van der Waals surface area contributed by atoms with Crippen molar-refractivity contribution in [2.24, 2.45) is 0 Å². The van der Waals surface area contributed by atoms with E-state index in [9.17, 15) is 0 Å². The Kier molecular flexibility index (Phi) is 5.56. The van der Waals surface area contributed by atoms with Gasteiger partial charge in [-0.1, -0.05) is 24.3 Å². The van der Waals surface area contributed by atoms with E-state index in [0.29, 0.717) is 11.4 Å². The fourth-order valence-electron chi connectivity index (χ4n) is 3.30. The Labute approximate surface area is 180 Å². The van der Waals surface area contributed by atoms with Gasteiger partial charge in [0.25, 0.3) is 0 Å². The average Bonchev–Trinajstić information content (AvgIpc) is 3.40. The molecule has 0 amide bonds. The fourth-order valence-corrected chi connectivity index (χ4v) is 3.53. The van der Waals surface area contributed by atoms with Crippen molar-refractivity contribution in [3.8, 4) is 11.4 Å². The largest absolute Gasteiger partial charge is 0.281 e. The Morgan fingerprint density at radius 2 is 1.83 bits per heavy atom. The van der Waals surface area contributed by atoms with Crippen molar-refractivity contribution in [2.75, 3.05) is 7.05 Å². The molecular formula is C21H24N8S. The van der Waals surface area contributed by atoms with Gasteiger partial charge in [-0.05, 0) is 85.4 Å². The topological polar surface area (TPSA) is 69.6 Å². The predicted octanol–water partition coefficient (Wildman–Crippen LogP) is 3.65. The third-order valence-corrected chi connectivity index (χ3v) is 5.69. The van der Waals surface area contributed by atoms with Gasteiger partial charge in [0.05, 0.1) is 18.0 Å². The van der Waals surface area contributed by atoms with Crippen molar-refractivity contribution >= 4 is 12.2 Å². The first-order chi connectivity index (χ1) is 14.4. The van der Waals surface area contributed by atoms with Crippen LogP contribution < -0.4 is 0 Å². The van der Waals surface area contributed by atoms with Crippen LogP contribution in [0.4, 0.5) is 0 Å². The molecule has 0 aliphatic heterocycles. The third kappa shape index (κ3) is 3.94. The molecule has 2 aromatic carbocycles. The van der Waals surface area contributed by atoms with E-state index in [1.807, 2.05) is 19.1 Å². The lowest BCUT2D eigenvalue weighted by molar-refractivity contribution is 0.193. The summed E-state index contributed by atoms with van der Waals surface area (Å²) >= 11 is 5.65. The number of benzene rings is 2. The number of rotatable bonds is 6. The van der Waals surface area contributed by atoms with E-state index >= 15 is 0 Å². The zero-order chi connectivity index (χ0) is 21.3. The van der Waals surface area contributed by atoms with Crippen molar-refractivity contribution in [3.05, 3.63) is 76.6 Å². The van der Waals surface area contributed by atoms with E-state index in [2.05, 4.69) is 76.6 Å². The summed E-state index contributed by atoms with van der Waals surface area (Å²) in [5.74, 6) is 0. The first-order valence-corrected chi connectivity index (χ1v) is 10.1. The molecule has 0 aliphatic rings. The maximum absolute atomic E-state index is 5.65. The lowest BCUT2D eigenvalue weighted by Crippen LogP contribution is -2.26. The van der Waals surface area contributed by atoms with Crippen molar-refractivity contribution in [1.82, 2.24) is 39.5 Å². The molecule has 0 bridgehead atoms. The van der Waals surface area contributed by atoms with E-state index in [1.165, 1.54) is 11.9 Å². The second-order valence-corrected chi connectivity index (χ2v) is 7.83. The predicted molar refractivity (Wildman–Crippen MR) is 117 cm³/mol. The number of nitrogens with zero attached hydrogens (tertiary/aromatic N) is 8. The van der Waals surface area contributed by atoms with Crippen LogP contribution >= 0.6 is 12.2 Å². The maximum atomic E-state index is 5.65. The van der Waals surface area contributed by atoms with Gasteiger partial charge in [-0.15, -0.1) is 0 Å². The number of aromatic nitrogens is 7. The molecule has 4 rings (SSSR count). The monoisotopic (exact) mass is 420 g/mol. The average molecular weight is 421 g/mol. The molecule has 0 saturated carbocycles. The quantitative estimate of drug-likeness (QED) is 0.444. The molecule has 8 nitrogen and oxygen atoms in total. The van der Waals surface area contributed by atoms with Crippen molar-refractivity contribution < 1.29 is 0 Å². The summed E-state index contributed by atoms with van der Waals surface area (Å²) in [6, 6.07) is 14.7. The van der Waals surface area contributed by atoms with E-state index in [-0.39, 0.29) is 6.04 Å². The minimum absolute atomic E-state index is 0.169. The van der Waals surface area contributed by atoms with Crippen LogP contribution in [0.2, 0.25) is 0 Å². The molecule has 0 spiro atoms. The summed E-state index contributed by atoms with van der Waals surface area (Å²) in [6.07, 6.45) is 3.21. The van der Waals surface area contributed by atoms with E-state index < -0.39 is 0 Å². The van der Waals surface area contributed by atoms with Gasteiger partial charge in [0.15, 0.2) is 0 Å². The molecular weight excluding hydrogens is 396 g/mol. The maximum Gasteiger partial charge on any atom is 0.221 e. The van der Waals surface area contributed by atoms with Crippen LogP contribution in [0.3, 0.4) is 0 Å². The van der Waals surface area contributed by atoms with Crippen LogP contribution in [-0.4, -0.2) is 46.5 Å². The molecule has 4 aromatic rings. The molecule has 2 heterocycles. The van der Waals surface area contributed by atoms with Gasteiger partial charge in [-0.3, -0.25) is 4.90 Å². The lowest BCUT2D eigenvalue weighted by Gasteiger charge is -2.24. The molecule has 0 unspecified atom stereocenters. The van der Waals surface area contributed by atoms with Crippen molar-refractivity contribution in [2.45, 2.75) is 33.5 Å². The highest BCUT2D eigenvalue weighted by Gasteiger charge is 2.15. The number of hydrogen-bond acceptors (Lipinski definition) is 6. The highest BCUT2D eigenvalue weighted by Crippen LogP contribution is 2.21. The molecule has 9 heteroatoms. The summed E-state index contributed by atoms with van der Waals surface area (Å²) < 4.78 is 5.79. The van der Waals surface area contributed by atoms with Crippen molar-refractivity contribution in [1.29, 1.82) is 0 Å². The Morgan fingerprint density at radius 1 is 1.07 bits per heavy atom. The first-order valence-electron chi connectivity index (χ1n) is 9.69. The summed E-state index contributed by atoms with van der Waals surface area (Å²) in [6.45, 7) is 6.80. The van der Waals surface area contributed by atoms with Gasteiger partial charge < -0.3 is 0 Å².